The molecule has 2 atom stereocenters. The first-order valence-corrected chi connectivity index (χ1v) is 12.9. The van der Waals surface area contributed by atoms with Crippen molar-refractivity contribution in [1.29, 1.82) is 0 Å². The number of anilines is 2. The van der Waals surface area contributed by atoms with Gasteiger partial charge in [0, 0.05) is 17.0 Å². The fraction of sp³-hybridized carbons (Fsp3) is 0.269. The summed E-state index contributed by atoms with van der Waals surface area (Å²) in [5.41, 5.74) is 4.10. The molecule has 5 nitrogen and oxygen atoms in total. The Morgan fingerprint density at radius 2 is 2.00 bits per heavy atom. The second-order valence-corrected chi connectivity index (χ2v) is 10.4. The van der Waals surface area contributed by atoms with Crippen LogP contribution in [0.4, 0.5) is 10.8 Å². The van der Waals surface area contributed by atoms with Gasteiger partial charge >= 0.3 is 0 Å². The lowest BCUT2D eigenvalue weighted by Gasteiger charge is -2.40. The third-order valence-corrected chi connectivity index (χ3v) is 8.05. The molecule has 1 N–H and O–H groups in total. The third kappa shape index (κ3) is 4.30. The maximum Gasteiger partial charge on any atom is 0.231 e. The van der Waals surface area contributed by atoms with E-state index >= 15 is 0 Å². The lowest BCUT2D eigenvalue weighted by atomic mass is 9.86. The normalized spacial score (nSPS) is 18.6. The van der Waals surface area contributed by atoms with Crippen LogP contribution >= 0.6 is 22.7 Å². The average Bonchev–Trinajstić information content (AvgIpc) is 3.48. The number of fused-ring (bicyclic) bond motifs is 1. The molecule has 168 valence electrons. The topological polar surface area (TPSA) is 62.3 Å². The smallest absolute Gasteiger partial charge is 0.231 e. The first-order valence-electron chi connectivity index (χ1n) is 11.2. The first-order chi connectivity index (χ1) is 16.0. The van der Waals surface area contributed by atoms with Crippen LogP contribution < -0.4 is 10.2 Å². The van der Waals surface area contributed by atoms with Crippen LogP contribution in [0.1, 0.15) is 41.8 Å². The van der Waals surface area contributed by atoms with Crippen molar-refractivity contribution in [3.8, 4) is 0 Å². The molecule has 4 aromatic rings. The highest BCUT2D eigenvalue weighted by atomic mass is 32.1. The number of nitrogens with one attached hydrogen (secondary N) is 1. The Hall–Kier alpha value is -3.03. The van der Waals surface area contributed by atoms with E-state index in [0.717, 1.165) is 32.8 Å². The molecule has 1 aliphatic rings. The molecule has 3 heterocycles. The fourth-order valence-corrected chi connectivity index (χ4v) is 6.22. The zero-order valence-corrected chi connectivity index (χ0v) is 20.2. The monoisotopic (exact) mass is 475 g/mol. The summed E-state index contributed by atoms with van der Waals surface area (Å²) in [4.78, 5) is 34.1. The molecule has 2 aromatic heterocycles. The van der Waals surface area contributed by atoms with Gasteiger partial charge in [-0.15, -0.1) is 11.3 Å². The van der Waals surface area contributed by atoms with Gasteiger partial charge in [-0.05, 0) is 61.0 Å². The van der Waals surface area contributed by atoms with Crippen LogP contribution in [-0.2, 0) is 16.0 Å². The van der Waals surface area contributed by atoms with Gasteiger partial charge in [-0.3, -0.25) is 9.59 Å². The summed E-state index contributed by atoms with van der Waals surface area (Å²) in [6, 6.07) is 17.8. The standard InChI is InChI=1S/C26H25N3O2S2/c1-3-17-8-12-20-22(15-17)33-26(27-20)28-25(31)19-11-13-23(30)29(18-9-6-16(2)7-10-18)24(19)21-5-4-14-32-21/h4-10,12,14-15,19,24H,3,11,13H2,1-2H3,(H,27,28,31)/t19-,24-/m1/s1. The van der Waals surface area contributed by atoms with E-state index in [4.69, 9.17) is 0 Å². The highest BCUT2D eigenvalue weighted by molar-refractivity contribution is 7.22. The van der Waals surface area contributed by atoms with E-state index in [0.29, 0.717) is 18.0 Å². The average molecular weight is 476 g/mol. The van der Waals surface area contributed by atoms with E-state index in [9.17, 15) is 9.59 Å². The van der Waals surface area contributed by atoms with Crippen LogP contribution in [0.5, 0.6) is 0 Å². The molecule has 2 amide bonds. The molecule has 7 heteroatoms. The summed E-state index contributed by atoms with van der Waals surface area (Å²) in [5, 5.41) is 5.66. The number of thiophene rings is 1. The molecular weight excluding hydrogens is 450 g/mol. The van der Waals surface area contributed by atoms with Crippen molar-refractivity contribution >= 4 is 55.5 Å². The fourth-order valence-electron chi connectivity index (χ4n) is 4.40. The number of nitrogens with zero attached hydrogens (tertiary/aromatic N) is 2. The van der Waals surface area contributed by atoms with Gasteiger partial charge in [0.15, 0.2) is 5.13 Å². The van der Waals surface area contributed by atoms with E-state index in [1.807, 2.05) is 59.7 Å². The molecule has 1 aliphatic heterocycles. The number of aryl methyl sites for hydroxylation is 2. The minimum Gasteiger partial charge on any atom is -0.303 e. The number of benzene rings is 2. The van der Waals surface area contributed by atoms with Crippen LogP contribution in [0.25, 0.3) is 10.2 Å². The summed E-state index contributed by atoms with van der Waals surface area (Å²) in [5.74, 6) is -0.401. The van der Waals surface area contributed by atoms with E-state index in [2.05, 4.69) is 29.4 Å². The van der Waals surface area contributed by atoms with Crippen LogP contribution in [0.3, 0.4) is 0 Å². The molecule has 0 aliphatic carbocycles. The van der Waals surface area contributed by atoms with Crippen molar-refractivity contribution in [1.82, 2.24) is 4.98 Å². The molecule has 0 spiro atoms. The summed E-state index contributed by atoms with van der Waals surface area (Å²) in [6.45, 7) is 4.15. The predicted molar refractivity (Wildman–Crippen MR) is 136 cm³/mol. The largest absolute Gasteiger partial charge is 0.303 e. The summed E-state index contributed by atoms with van der Waals surface area (Å²) >= 11 is 3.08. The minimum atomic E-state index is -0.360. The molecule has 33 heavy (non-hydrogen) atoms. The van der Waals surface area contributed by atoms with Gasteiger partial charge in [0.25, 0.3) is 0 Å². The molecular formula is C26H25N3O2S2. The Morgan fingerprint density at radius 1 is 1.18 bits per heavy atom. The van der Waals surface area contributed by atoms with Gasteiger partial charge in [0.2, 0.25) is 11.8 Å². The minimum absolute atomic E-state index is 0.0494. The number of rotatable bonds is 5. The lowest BCUT2D eigenvalue weighted by Crippen LogP contribution is -2.46. The van der Waals surface area contributed by atoms with Crippen molar-refractivity contribution in [3.05, 3.63) is 76.0 Å². The highest BCUT2D eigenvalue weighted by Gasteiger charge is 2.42. The maximum absolute atomic E-state index is 13.5. The van der Waals surface area contributed by atoms with E-state index in [-0.39, 0.29) is 23.8 Å². The van der Waals surface area contributed by atoms with Gasteiger partial charge in [0.1, 0.15) is 0 Å². The number of carbonyl (C=O) groups is 2. The third-order valence-electron chi connectivity index (χ3n) is 6.17. The number of amides is 2. The molecule has 1 saturated heterocycles. The lowest BCUT2D eigenvalue weighted by molar-refractivity contribution is -0.125. The Kier molecular flexibility index (Phi) is 6.00. The molecule has 0 saturated carbocycles. The SMILES string of the molecule is CCc1ccc2nc(NC(=O)[C@@H]3CCC(=O)N(c4ccc(C)cc4)[C@H]3c3cccs3)sc2c1. The Labute approximate surface area is 201 Å². The zero-order valence-electron chi connectivity index (χ0n) is 18.6. The predicted octanol–water partition coefficient (Wildman–Crippen LogP) is 6.35. The van der Waals surface area contributed by atoms with Crippen molar-refractivity contribution in [2.45, 2.75) is 39.2 Å². The summed E-state index contributed by atoms with van der Waals surface area (Å²) in [6.07, 6.45) is 1.82. The highest BCUT2D eigenvalue weighted by Crippen LogP contribution is 2.42. The van der Waals surface area contributed by atoms with Crippen molar-refractivity contribution in [3.63, 3.8) is 0 Å². The molecule has 0 bridgehead atoms. The summed E-state index contributed by atoms with van der Waals surface area (Å²) < 4.78 is 1.07. The number of piperidine rings is 1. The summed E-state index contributed by atoms with van der Waals surface area (Å²) in [7, 11) is 0. The van der Waals surface area contributed by atoms with Gasteiger partial charge in [-0.25, -0.2) is 4.98 Å². The van der Waals surface area contributed by atoms with E-state index < -0.39 is 0 Å². The van der Waals surface area contributed by atoms with Crippen molar-refractivity contribution < 1.29 is 9.59 Å². The van der Waals surface area contributed by atoms with Gasteiger partial charge in [0.05, 0.1) is 22.2 Å². The maximum atomic E-state index is 13.5. The second-order valence-electron chi connectivity index (χ2n) is 8.37. The van der Waals surface area contributed by atoms with Crippen LogP contribution in [0.2, 0.25) is 0 Å². The van der Waals surface area contributed by atoms with Crippen molar-refractivity contribution in [2.24, 2.45) is 5.92 Å². The zero-order chi connectivity index (χ0) is 22.9. The van der Waals surface area contributed by atoms with Crippen LogP contribution in [0.15, 0.2) is 60.0 Å². The molecule has 0 radical (unpaired) electrons. The van der Waals surface area contributed by atoms with Crippen molar-refractivity contribution in [2.75, 3.05) is 10.2 Å². The van der Waals surface area contributed by atoms with E-state index in [1.54, 1.807) is 11.3 Å². The number of hydrogen-bond donors (Lipinski definition) is 1. The second kappa shape index (κ2) is 9.08. The number of aromatic nitrogens is 1. The Balaban J connectivity index is 1.47. The van der Waals surface area contributed by atoms with Gasteiger partial charge in [-0.1, -0.05) is 48.1 Å². The number of carbonyl (C=O) groups excluding carboxylic acids is 2. The number of hydrogen-bond acceptors (Lipinski definition) is 5. The Morgan fingerprint density at radius 3 is 2.73 bits per heavy atom. The Bertz CT molecular complexity index is 1300. The quantitative estimate of drug-likeness (QED) is 0.366. The van der Waals surface area contributed by atoms with Crippen LogP contribution in [0, 0.1) is 12.8 Å². The van der Waals surface area contributed by atoms with E-state index in [1.165, 1.54) is 16.9 Å². The number of thiazole rings is 1. The molecule has 2 aromatic carbocycles. The molecule has 5 rings (SSSR count). The molecule has 1 fully saturated rings. The van der Waals surface area contributed by atoms with Gasteiger partial charge in [-0.2, -0.15) is 0 Å². The van der Waals surface area contributed by atoms with Crippen LogP contribution in [-0.4, -0.2) is 16.8 Å². The van der Waals surface area contributed by atoms with Gasteiger partial charge < -0.3 is 10.2 Å². The first kappa shape index (κ1) is 21.8. The molecule has 0 unspecified atom stereocenters.